The van der Waals surface area contributed by atoms with Crippen LogP contribution in [-0.2, 0) is 14.3 Å². The Balaban J connectivity index is 2.18. The quantitative estimate of drug-likeness (QED) is 0.276. The van der Waals surface area contributed by atoms with Crippen molar-refractivity contribution in [1.82, 2.24) is 0 Å². The monoisotopic (exact) mass is 445 g/mol. The van der Waals surface area contributed by atoms with Crippen LogP contribution in [0.25, 0.3) is 6.08 Å². The Morgan fingerprint density at radius 1 is 1.36 bits per heavy atom. The Morgan fingerprint density at radius 2 is 2.04 bits per heavy atom. The summed E-state index contributed by atoms with van der Waals surface area (Å²) in [6, 6.07) is 2.56. The molecule has 0 amide bonds. The zero-order valence-electron chi connectivity index (χ0n) is 14.0. The number of hydrogen-bond donors (Lipinski definition) is 0. The van der Waals surface area contributed by atoms with Crippen LogP contribution in [0.4, 0.5) is 18.0 Å². The average Bonchev–Trinajstić information content (AvgIpc) is 2.57. The fraction of sp³-hybridized carbons (Fsp3) is 0.400. The van der Waals surface area contributed by atoms with Gasteiger partial charge in [-0.25, -0.2) is 4.79 Å². The number of carbonyl (C=O) groups excluding carboxylic acids is 1. The van der Waals surface area contributed by atoms with Gasteiger partial charge in [-0.2, -0.15) is 13.2 Å². The number of ether oxygens (including phenoxy) is 3. The summed E-state index contributed by atoms with van der Waals surface area (Å²) < 4.78 is 55.7. The van der Waals surface area contributed by atoms with Gasteiger partial charge in [-0.05, 0) is 25.1 Å². The van der Waals surface area contributed by atoms with Crippen molar-refractivity contribution in [2.75, 3.05) is 13.2 Å². The first-order valence-corrected chi connectivity index (χ1v) is 8.26. The van der Waals surface area contributed by atoms with Gasteiger partial charge in [0, 0.05) is 10.6 Å². The molecule has 1 heterocycles. The minimum absolute atomic E-state index is 0.160. The van der Waals surface area contributed by atoms with E-state index in [1.54, 1.807) is 0 Å². The molecule has 0 aromatic heterocycles. The van der Waals surface area contributed by atoms with Crippen LogP contribution in [0.1, 0.15) is 12.5 Å². The van der Waals surface area contributed by atoms with Crippen LogP contribution in [-0.4, -0.2) is 42.3 Å². The lowest BCUT2D eigenvalue weighted by atomic mass is 9.92. The van der Waals surface area contributed by atoms with Crippen molar-refractivity contribution in [2.45, 2.75) is 24.8 Å². The lowest BCUT2D eigenvalue weighted by Crippen LogP contribution is -2.58. The van der Waals surface area contributed by atoms with E-state index in [1.165, 1.54) is 12.1 Å². The summed E-state index contributed by atoms with van der Waals surface area (Å²) in [7, 11) is 0. The van der Waals surface area contributed by atoms with Crippen molar-refractivity contribution < 1.29 is 42.1 Å². The Labute approximate surface area is 165 Å². The van der Waals surface area contributed by atoms with Crippen molar-refractivity contribution in [3.63, 3.8) is 0 Å². The van der Waals surface area contributed by atoms with E-state index in [0.29, 0.717) is 6.08 Å². The predicted octanol–water partition coefficient (Wildman–Crippen LogP) is 4.45. The molecular weight excluding hydrogens is 434 g/mol. The molecule has 0 saturated carbocycles. The summed E-state index contributed by atoms with van der Waals surface area (Å²) in [6.45, 7) is -0.266. The third kappa shape index (κ3) is 4.71. The summed E-state index contributed by atoms with van der Waals surface area (Å²) in [4.78, 5) is 25.5. The summed E-state index contributed by atoms with van der Waals surface area (Å²) in [5.74, 6) is -0.283. The molecular formula is C15H12Cl2F3NO7. The fourth-order valence-corrected chi connectivity index (χ4v) is 2.88. The van der Waals surface area contributed by atoms with Crippen LogP contribution in [0.3, 0.4) is 0 Å². The van der Waals surface area contributed by atoms with E-state index in [0.717, 1.165) is 13.0 Å². The molecule has 0 aliphatic carbocycles. The normalized spacial score (nSPS) is 19.2. The molecule has 13 heteroatoms. The van der Waals surface area contributed by atoms with Gasteiger partial charge in [-0.15, -0.1) is 10.1 Å². The molecule has 2 atom stereocenters. The lowest BCUT2D eigenvalue weighted by molar-refractivity contribution is -0.757. The molecule has 0 N–H and O–H groups in total. The van der Waals surface area contributed by atoms with Crippen LogP contribution < -0.4 is 4.74 Å². The Kier molecular flexibility index (Phi) is 6.50. The molecule has 1 aromatic carbocycles. The molecule has 1 aliphatic rings. The fourth-order valence-electron chi connectivity index (χ4n) is 2.33. The van der Waals surface area contributed by atoms with Gasteiger partial charge in [0.05, 0.1) is 5.02 Å². The van der Waals surface area contributed by atoms with Crippen LogP contribution >= 0.6 is 23.2 Å². The van der Waals surface area contributed by atoms with E-state index in [1.807, 2.05) is 0 Å². The van der Waals surface area contributed by atoms with Crippen LogP contribution in [0.15, 0.2) is 18.2 Å². The van der Waals surface area contributed by atoms with Gasteiger partial charge in [0.25, 0.3) is 10.7 Å². The lowest BCUT2D eigenvalue weighted by Gasteiger charge is -2.39. The van der Waals surface area contributed by atoms with Gasteiger partial charge in [0.15, 0.2) is 6.10 Å². The molecule has 1 aromatic rings. The number of nitrogens with zero attached hydrogens (tertiary/aromatic N) is 1. The highest BCUT2D eigenvalue weighted by atomic mass is 35.5. The first-order chi connectivity index (χ1) is 13.0. The van der Waals surface area contributed by atoms with Crippen molar-refractivity contribution in [2.24, 2.45) is 0 Å². The second-order valence-electron chi connectivity index (χ2n) is 5.45. The first-order valence-electron chi connectivity index (χ1n) is 7.51. The molecule has 154 valence electrons. The molecule has 0 radical (unpaired) electrons. The number of rotatable bonds is 6. The van der Waals surface area contributed by atoms with Gasteiger partial charge < -0.3 is 19.0 Å². The molecule has 1 unspecified atom stereocenters. The molecule has 1 aliphatic heterocycles. The summed E-state index contributed by atoms with van der Waals surface area (Å²) >= 11 is 11.8. The number of carbonyl (C=O) groups is 1. The largest absolute Gasteiger partial charge is 0.508 e. The molecule has 0 bridgehead atoms. The van der Waals surface area contributed by atoms with E-state index in [2.05, 4.69) is 14.3 Å². The number of hydrogen-bond acceptors (Lipinski definition) is 7. The minimum atomic E-state index is -5.00. The zero-order valence-corrected chi connectivity index (χ0v) is 15.5. The summed E-state index contributed by atoms with van der Waals surface area (Å²) in [5, 5.41) is 8.89. The topological polar surface area (TPSA) is 97.1 Å². The third-order valence-electron chi connectivity index (χ3n) is 3.64. The molecule has 8 nitrogen and oxygen atoms in total. The van der Waals surface area contributed by atoms with Gasteiger partial charge in [-0.1, -0.05) is 29.3 Å². The van der Waals surface area contributed by atoms with E-state index >= 15 is 0 Å². The highest BCUT2D eigenvalue weighted by molar-refractivity contribution is 6.36. The van der Waals surface area contributed by atoms with Crippen LogP contribution in [0.2, 0.25) is 10.0 Å². The average molecular weight is 446 g/mol. The zero-order chi connectivity index (χ0) is 21.1. The summed E-state index contributed by atoms with van der Waals surface area (Å²) in [5.41, 5.74) is -2.84. The number of halogens is 5. The Morgan fingerprint density at radius 3 is 2.64 bits per heavy atom. The number of alkyl halides is 3. The number of benzene rings is 1. The van der Waals surface area contributed by atoms with E-state index in [9.17, 15) is 28.1 Å². The van der Waals surface area contributed by atoms with Crippen molar-refractivity contribution in [3.05, 3.63) is 43.9 Å². The molecule has 0 saturated heterocycles. The van der Waals surface area contributed by atoms with Gasteiger partial charge >= 0.3 is 12.3 Å². The van der Waals surface area contributed by atoms with Crippen LogP contribution in [0, 0.1) is 10.1 Å². The smallest absolute Gasteiger partial charge is 0.467 e. The summed E-state index contributed by atoms with van der Waals surface area (Å²) in [6.07, 6.45) is -6.62. The molecule has 28 heavy (non-hydrogen) atoms. The maximum absolute atomic E-state index is 13.8. The Hall–Kier alpha value is -2.40. The van der Waals surface area contributed by atoms with E-state index in [-0.39, 0.29) is 21.4 Å². The van der Waals surface area contributed by atoms with Crippen molar-refractivity contribution >= 4 is 35.4 Å². The van der Waals surface area contributed by atoms with Gasteiger partial charge in [0.1, 0.15) is 19.0 Å². The third-order valence-corrected chi connectivity index (χ3v) is 4.14. The maximum Gasteiger partial charge on any atom is 0.508 e. The minimum Gasteiger partial charge on any atom is -0.467 e. The maximum atomic E-state index is 13.8. The first kappa shape index (κ1) is 21.9. The SMILES string of the molecule is CC(OC(=O)OCCO[N+](=O)[O-])[C@]1(C(F)(F)F)C=Cc2cc(Cl)cc(Cl)c2O1. The van der Waals surface area contributed by atoms with Gasteiger partial charge in [-0.3, -0.25) is 0 Å². The second-order valence-corrected chi connectivity index (χ2v) is 6.29. The molecule has 2 rings (SSSR count). The number of fused-ring (bicyclic) bond motifs is 1. The van der Waals surface area contributed by atoms with E-state index in [4.69, 9.17) is 27.9 Å². The standard InChI is InChI=1S/C15H12Cl2F3NO7/c1-8(27-13(22)25-4-5-26-21(23)24)14(15(18,19)20)3-2-9-6-10(16)7-11(17)12(9)28-14/h2-3,6-8H,4-5H2,1H3/t8?,14-/m0/s1. The Bertz CT molecular complexity index is 803. The highest BCUT2D eigenvalue weighted by Gasteiger charge is 2.62. The van der Waals surface area contributed by atoms with Gasteiger partial charge in [0.2, 0.25) is 0 Å². The van der Waals surface area contributed by atoms with Crippen molar-refractivity contribution in [1.29, 1.82) is 0 Å². The molecule has 0 spiro atoms. The van der Waals surface area contributed by atoms with E-state index < -0.39 is 42.3 Å². The highest BCUT2D eigenvalue weighted by Crippen LogP contribution is 2.47. The second kappa shape index (κ2) is 8.31. The molecule has 0 fully saturated rings. The van der Waals surface area contributed by atoms with Crippen LogP contribution in [0.5, 0.6) is 5.75 Å². The predicted molar refractivity (Wildman–Crippen MR) is 89.8 cm³/mol. The van der Waals surface area contributed by atoms with Crippen molar-refractivity contribution in [3.8, 4) is 5.75 Å².